The van der Waals surface area contributed by atoms with Gasteiger partial charge in [0.1, 0.15) is 27.9 Å². The van der Waals surface area contributed by atoms with Crippen LogP contribution in [0.5, 0.6) is 0 Å². The van der Waals surface area contributed by atoms with E-state index in [-0.39, 0.29) is 0 Å². The van der Waals surface area contributed by atoms with E-state index in [4.69, 9.17) is 13.3 Å². The second-order valence-corrected chi connectivity index (χ2v) is 16.5. The van der Waals surface area contributed by atoms with Crippen LogP contribution >= 0.6 is 0 Å². The van der Waals surface area contributed by atoms with E-state index in [0.29, 0.717) is 0 Å². The molecule has 3 aromatic heterocycles. The highest BCUT2D eigenvalue weighted by Crippen LogP contribution is 2.49. The average molecular weight is 850 g/mol. The van der Waals surface area contributed by atoms with Crippen LogP contribution in [0.15, 0.2) is 250 Å². The maximum atomic E-state index is 6.80. The maximum Gasteiger partial charge on any atom is 0.159 e. The molecule has 0 unspecified atom stereocenters. The summed E-state index contributed by atoms with van der Waals surface area (Å²) in [7, 11) is 0. The summed E-state index contributed by atoms with van der Waals surface area (Å²) in [5.74, 6) is 0. The third-order valence-corrected chi connectivity index (χ3v) is 12.6. The zero-order valence-corrected chi connectivity index (χ0v) is 35.6. The third kappa shape index (κ3) is 6.26. The standard InChI is InChI=1S/C60H39N3O3/c1-4-17-40(18-5-1)61(43-31-33-58-52(38-43)49-24-11-13-28-55(49)64-58)45-35-46(62(41-19-6-2-7-20-41)44-32-34-59-53(39-44)50-25-12-14-29-56(50)65-59)37-47(36-45)63(42-21-8-3-9-22-42)54-27-16-26-51-48-23-10-15-30-57(48)66-60(51)54/h1-39H. The Balaban J connectivity index is 1.11. The van der Waals surface area contributed by atoms with Crippen molar-refractivity contribution in [3.8, 4) is 0 Å². The quantitative estimate of drug-likeness (QED) is 0.144. The maximum absolute atomic E-state index is 6.80. The van der Waals surface area contributed by atoms with Crippen LogP contribution in [0.2, 0.25) is 0 Å². The smallest absolute Gasteiger partial charge is 0.159 e. The Morgan fingerprint density at radius 2 is 0.576 bits per heavy atom. The predicted molar refractivity (Wildman–Crippen MR) is 272 cm³/mol. The minimum atomic E-state index is 0.809. The van der Waals surface area contributed by atoms with Gasteiger partial charge < -0.3 is 28.0 Å². The molecule has 10 aromatic carbocycles. The highest BCUT2D eigenvalue weighted by atomic mass is 16.3. The zero-order chi connectivity index (χ0) is 43.6. The van der Waals surface area contributed by atoms with Crippen LogP contribution in [-0.2, 0) is 0 Å². The molecule has 0 N–H and O–H groups in total. The van der Waals surface area contributed by atoms with Gasteiger partial charge in [-0.05, 0) is 115 Å². The van der Waals surface area contributed by atoms with Crippen molar-refractivity contribution in [1.82, 2.24) is 0 Å². The summed E-state index contributed by atoms with van der Waals surface area (Å²) in [5.41, 5.74) is 13.8. The van der Waals surface area contributed by atoms with E-state index in [1.807, 2.05) is 36.4 Å². The number of fused-ring (bicyclic) bond motifs is 9. The highest BCUT2D eigenvalue weighted by molar-refractivity contribution is 6.11. The minimum absolute atomic E-state index is 0.809. The molecule has 13 aromatic rings. The van der Waals surface area contributed by atoms with Gasteiger partial charge in [0.05, 0.1) is 22.7 Å². The lowest BCUT2D eigenvalue weighted by atomic mass is 10.1. The van der Waals surface area contributed by atoms with E-state index in [0.717, 1.165) is 117 Å². The van der Waals surface area contributed by atoms with Crippen LogP contribution in [0, 0.1) is 0 Å². The Hall–Kier alpha value is -9.00. The van der Waals surface area contributed by atoms with E-state index in [1.54, 1.807) is 0 Å². The van der Waals surface area contributed by atoms with Gasteiger partial charge in [-0.15, -0.1) is 0 Å². The lowest BCUT2D eigenvalue weighted by Gasteiger charge is -2.33. The summed E-state index contributed by atoms with van der Waals surface area (Å²) in [6.07, 6.45) is 0. The predicted octanol–water partition coefficient (Wildman–Crippen LogP) is 17.8. The molecule has 0 atom stereocenters. The Kier molecular flexibility index (Phi) is 8.74. The summed E-state index contributed by atoms with van der Waals surface area (Å²) in [6.45, 7) is 0. The van der Waals surface area contributed by atoms with Crippen LogP contribution in [0.3, 0.4) is 0 Å². The van der Waals surface area contributed by atoms with Gasteiger partial charge in [-0.25, -0.2) is 0 Å². The summed E-state index contributed by atoms with van der Waals surface area (Å²) in [5, 5.41) is 6.38. The Morgan fingerprint density at radius 3 is 1.06 bits per heavy atom. The minimum Gasteiger partial charge on any atom is -0.456 e. The number of rotatable bonds is 9. The van der Waals surface area contributed by atoms with Gasteiger partial charge in [-0.3, -0.25) is 0 Å². The molecule has 0 aliphatic heterocycles. The van der Waals surface area contributed by atoms with Crippen molar-refractivity contribution in [3.05, 3.63) is 237 Å². The van der Waals surface area contributed by atoms with Gasteiger partial charge in [0.2, 0.25) is 0 Å². The molecule has 0 aliphatic rings. The largest absolute Gasteiger partial charge is 0.456 e. The summed E-state index contributed by atoms with van der Waals surface area (Å²) in [4.78, 5) is 7.01. The molecule has 0 fully saturated rings. The molecule has 0 amide bonds. The molecular formula is C60H39N3O3. The molecule has 3 heterocycles. The molecule has 312 valence electrons. The van der Waals surface area contributed by atoms with Crippen molar-refractivity contribution >= 4 is 117 Å². The first kappa shape index (κ1) is 37.5. The molecule has 0 saturated heterocycles. The SMILES string of the molecule is c1ccc(N(c2cc(N(c3ccccc3)c3ccc4oc5ccccc5c4c3)cc(N(c3ccccc3)c3cccc4c3oc3ccccc34)c2)c2ccc3oc4ccccc4c3c2)cc1. The fourth-order valence-electron chi connectivity index (χ4n) is 9.63. The van der Waals surface area contributed by atoms with Crippen molar-refractivity contribution in [2.45, 2.75) is 0 Å². The van der Waals surface area contributed by atoms with E-state index >= 15 is 0 Å². The van der Waals surface area contributed by atoms with Crippen LogP contribution in [0.25, 0.3) is 65.8 Å². The monoisotopic (exact) mass is 849 g/mol. The molecule has 13 rings (SSSR count). The van der Waals surface area contributed by atoms with Crippen LogP contribution in [0.4, 0.5) is 51.2 Å². The van der Waals surface area contributed by atoms with E-state index < -0.39 is 0 Å². The van der Waals surface area contributed by atoms with Crippen molar-refractivity contribution in [1.29, 1.82) is 0 Å². The van der Waals surface area contributed by atoms with Crippen LogP contribution < -0.4 is 14.7 Å². The molecule has 0 radical (unpaired) electrons. The number of benzene rings is 10. The fourth-order valence-corrected chi connectivity index (χ4v) is 9.63. The number of nitrogens with zero attached hydrogens (tertiary/aromatic N) is 3. The second kappa shape index (κ2) is 15.4. The van der Waals surface area contributed by atoms with Crippen molar-refractivity contribution < 1.29 is 13.3 Å². The number of anilines is 9. The normalized spacial score (nSPS) is 11.6. The van der Waals surface area contributed by atoms with E-state index in [1.165, 1.54) is 0 Å². The molecule has 0 spiro atoms. The zero-order valence-electron chi connectivity index (χ0n) is 35.6. The first-order valence-corrected chi connectivity index (χ1v) is 22.2. The van der Waals surface area contributed by atoms with Crippen molar-refractivity contribution in [2.75, 3.05) is 14.7 Å². The number of hydrogen-bond acceptors (Lipinski definition) is 6. The van der Waals surface area contributed by atoms with Gasteiger partial charge in [-0.1, -0.05) is 121 Å². The molecule has 0 bridgehead atoms. The first-order chi connectivity index (χ1) is 32.7. The van der Waals surface area contributed by atoms with Gasteiger partial charge in [0.15, 0.2) is 5.58 Å². The third-order valence-electron chi connectivity index (χ3n) is 12.6. The number of furan rings is 3. The van der Waals surface area contributed by atoms with Crippen molar-refractivity contribution in [3.63, 3.8) is 0 Å². The number of para-hydroxylation sites is 7. The summed E-state index contributed by atoms with van der Waals surface area (Å²) in [6, 6.07) is 82.8. The van der Waals surface area contributed by atoms with Gasteiger partial charge in [-0.2, -0.15) is 0 Å². The Labute approximate surface area is 380 Å². The summed E-state index contributed by atoms with van der Waals surface area (Å²) >= 11 is 0. The van der Waals surface area contributed by atoms with Gasteiger partial charge in [0, 0.05) is 60.8 Å². The van der Waals surface area contributed by atoms with Gasteiger partial charge >= 0.3 is 0 Å². The number of hydrogen-bond donors (Lipinski definition) is 0. The Morgan fingerprint density at radius 1 is 0.212 bits per heavy atom. The summed E-state index contributed by atoms with van der Waals surface area (Å²) < 4.78 is 19.5. The molecule has 66 heavy (non-hydrogen) atoms. The molecule has 6 heteroatoms. The molecule has 6 nitrogen and oxygen atoms in total. The molecular weight excluding hydrogens is 811 g/mol. The van der Waals surface area contributed by atoms with Crippen LogP contribution in [0.1, 0.15) is 0 Å². The topological polar surface area (TPSA) is 49.1 Å². The average Bonchev–Trinajstić information content (AvgIpc) is 4.07. The van der Waals surface area contributed by atoms with E-state index in [9.17, 15) is 0 Å². The first-order valence-electron chi connectivity index (χ1n) is 22.2. The van der Waals surface area contributed by atoms with Crippen LogP contribution in [-0.4, -0.2) is 0 Å². The molecule has 0 aliphatic carbocycles. The fraction of sp³-hybridized carbons (Fsp3) is 0. The highest BCUT2D eigenvalue weighted by Gasteiger charge is 2.25. The van der Waals surface area contributed by atoms with E-state index in [2.05, 4.69) is 215 Å². The lowest BCUT2D eigenvalue weighted by Crippen LogP contribution is -2.16. The Bertz CT molecular complexity index is 3740. The molecule has 0 saturated carbocycles. The van der Waals surface area contributed by atoms with Crippen molar-refractivity contribution in [2.24, 2.45) is 0 Å². The second-order valence-electron chi connectivity index (χ2n) is 16.5. The lowest BCUT2D eigenvalue weighted by molar-refractivity contribution is 0.668. The van der Waals surface area contributed by atoms with Gasteiger partial charge in [0.25, 0.3) is 0 Å².